The monoisotopic (exact) mass is 612 g/mol. The molecular weight excluding hydrogens is 551 g/mol. The summed E-state index contributed by atoms with van der Waals surface area (Å²) < 4.78 is 22.7. The maximum atomic E-state index is 12.6. The second kappa shape index (κ2) is 25.9. The quantitative estimate of drug-likeness (QED) is 0.0459. The first-order chi connectivity index (χ1) is 20.0. The standard InChI is InChI=1S/C33H61N2O6P/c1-6-8-10-11-12-13-14-15-16-17-18-19-20-21-22-23-25-27-33(37)34-31(32(36)26-24-9-7-2)30-41-42(38,39)40-29-28-35(3,4)5/h8,10,12-13,15-16,24,26,31-32,36H,6-7,9,11,14,17-23,25,27-30H2,1-5H3,(H-,34,37,38,39)/b10-8-,13-12-,16-15-,26-24+. The number of likely N-dealkylation sites (N-methyl/N-ethyl adjacent to an activating group) is 1. The van der Waals surface area contributed by atoms with Crippen LogP contribution in [-0.2, 0) is 18.4 Å². The highest BCUT2D eigenvalue weighted by Crippen LogP contribution is 2.38. The third kappa shape index (κ3) is 27.3. The van der Waals surface area contributed by atoms with Gasteiger partial charge in [-0.1, -0.05) is 101 Å². The molecule has 0 saturated carbocycles. The van der Waals surface area contributed by atoms with Crippen molar-refractivity contribution in [1.29, 1.82) is 0 Å². The topological polar surface area (TPSA) is 108 Å². The van der Waals surface area contributed by atoms with Crippen molar-refractivity contribution in [1.82, 2.24) is 5.32 Å². The Bertz CT molecular complexity index is 835. The molecule has 0 heterocycles. The summed E-state index contributed by atoms with van der Waals surface area (Å²) in [4.78, 5) is 24.8. The molecule has 2 N–H and O–H groups in total. The van der Waals surface area contributed by atoms with Crippen molar-refractivity contribution in [2.75, 3.05) is 40.9 Å². The number of phosphoric ester groups is 1. The maximum absolute atomic E-state index is 12.6. The van der Waals surface area contributed by atoms with Crippen LogP contribution in [0.3, 0.4) is 0 Å². The number of aliphatic hydroxyl groups excluding tert-OH is 1. The van der Waals surface area contributed by atoms with E-state index >= 15 is 0 Å². The van der Waals surface area contributed by atoms with Gasteiger partial charge in [-0.05, 0) is 44.9 Å². The fourth-order valence-corrected chi connectivity index (χ4v) is 4.66. The van der Waals surface area contributed by atoms with Crippen LogP contribution in [0.5, 0.6) is 0 Å². The van der Waals surface area contributed by atoms with Crippen LogP contribution in [0.25, 0.3) is 0 Å². The molecule has 8 nitrogen and oxygen atoms in total. The van der Waals surface area contributed by atoms with Gasteiger partial charge in [0.15, 0.2) is 0 Å². The Morgan fingerprint density at radius 3 is 2.07 bits per heavy atom. The number of unbranched alkanes of at least 4 members (excludes halogenated alkanes) is 8. The Hall–Kier alpha value is -1.54. The summed E-state index contributed by atoms with van der Waals surface area (Å²) in [5.41, 5.74) is 0. The number of aliphatic hydroxyl groups is 1. The lowest BCUT2D eigenvalue weighted by atomic mass is 10.1. The number of amides is 1. The van der Waals surface area contributed by atoms with Crippen LogP contribution >= 0.6 is 7.82 Å². The van der Waals surface area contributed by atoms with Crippen LogP contribution < -0.4 is 10.2 Å². The zero-order chi connectivity index (χ0) is 31.5. The molecule has 0 bridgehead atoms. The van der Waals surface area contributed by atoms with Gasteiger partial charge in [0.2, 0.25) is 5.91 Å². The van der Waals surface area contributed by atoms with Crippen LogP contribution in [0, 0.1) is 0 Å². The normalized spacial score (nSPS) is 15.7. The highest BCUT2D eigenvalue weighted by Gasteiger charge is 2.23. The van der Waals surface area contributed by atoms with Gasteiger partial charge in [0.05, 0.1) is 39.9 Å². The average Bonchev–Trinajstić information content (AvgIpc) is 2.92. The van der Waals surface area contributed by atoms with Crippen LogP contribution in [0.4, 0.5) is 0 Å². The molecular formula is C33H61N2O6P. The van der Waals surface area contributed by atoms with Crippen LogP contribution in [0.15, 0.2) is 48.6 Å². The molecule has 0 fully saturated rings. The molecule has 0 spiro atoms. The van der Waals surface area contributed by atoms with Crippen LogP contribution in [-0.4, -0.2) is 68.5 Å². The predicted octanol–water partition coefficient (Wildman–Crippen LogP) is 6.77. The molecule has 0 radical (unpaired) electrons. The summed E-state index contributed by atoms with van der Waals surface area (Å²) in [5.74, 6) is -0.225. The molecule has 0 aliphatic heterocycles. The van der Waals surface area contributed by atoms with E-state index in [1.54, 1.807) is 6.08 Å². The number of quaternary nitrogens is 1. The van der Waals surface area contributed by atoms with Gasteiger partial charge in [0.25, 0.3) is 7.82 Å². The van der Waals surface area contributed by atoms with Crippen molar-refractivity contribution in [3.8, 4) is 0 Å². The maximum Gasteiger partial charge on any atom is 0.268 e. The van der Waals surface area contributed by atoms with Gasteiger partial charge in [0.1, 0.15) is 13.2 Å². The third-order valence-electron chi connectivity index (χ3n) is 6.53. The molecule has 0 aliphatic rings. The Labute approximate surface area is 257 Å². The molecule has 0 aromatic rings. The summed E-state index contributed by atoms with van der Waals surface area (Å²) in [6, 6.07) is -0.886. The van der Waals surface area contributed by atoms with Gasteiger partial charge in [0, 0.05) is 6.42 Å². The summed E-state index contributed by atoms with van der Waals surface area (Å²) >= 11 is 0. The summed E-state index contributed by atoms with van der Waals surface area (Å²) in [7, 11) is 1.23. The van der Waals surface area contributed by atoms with Gasteiger partial charge in [-0.2, -0.15) is 0 Å². The third-order valence-corrected chi connectivity index (χ3v) is 7.49. The molecule has 0 aromatic heterocycles. The van der Waals surface area contributed by atoms with Crippen molar-refractivity contribution in [2.24, 2.45) is 0 Å². The molecule has 1 amide bonds. The number of hydrogen-bond donors (Lipinski definition) is 2. The van der Waals surface area contributed by atoms with Crippen molar-refractivity contribution >= 4 is 13.7 Å². The van der Waals surface area contributed by atoms with E-state index in [1.807, 2.05) is 34.1 Å². The Morgan fingerprint density at radius 2 is 1.45 bits per heavy atom. The Morgan fingerprint density at radius 1 is 0.857 bits per heavy atom. The number of nitrogens with zero attached hydrogens (tertiary/aromatic N) is 1. The van der Waals surface area contributed by atoms with E-state index < -0.39 is 26.6 Å². The van der Waals surface area contributed by atoms with Gasteiger partial charge >= 0.3 is 0 Å². The number of carbonyl (C=O) groups excluding carboxylic acids is 1. The second-order valence-electron chi connectivity index (χ2n) is 11.8. The van der Waals surface area contributed by atoms with E-state index in [0.717, 1.165) is 64.2 Å². The molecule has 0 saturated heterocycles. The smallest absolute Gasteiger partial charge is 0.268 e. The van der Waals surface area contributed by atoms with Crippen molar-refractivity contribution in [3.63, 3.8) is 0 Å². The first kappa shape index (κ1) is 40.5. The highest BCUT2D eigenvalue weighted by molar-refractivity contribution is 7.45. The highest BCUT2D eigenvalue weighted by atomic mass is 31.2. The minimum Gasteiger partial charge on any atom is -0.756 e. The molecule has 0 aliphatic carbocycles. The molecule has 0 rings (SSSR count). The van der Waals surface area contributed by atoms with Crippen LogP contribution in [0.1, 0.15) is 104 Å². The number of nitrogens with one attached hydrogen (secondary N) is 1. The summed E-state index contributed by atoms with van der Waals surface area (Å²) in [6.07, 6.45) is 29.5. The molecule has 3 atom stereocenters. The Kier molecular flexibility index (Phi) is 25.0. The average molecular weight is 613 g/mol. The van der Waals surface area contributed by atoms with Crippen LogP contribution in [0.2, 0.25) is 0 Å². The lowest BCUT2D eigenvalue weighted by Crippen LogP contribution is -2.45. The number of hydrogen-bond acceptors (Lipinski definition) is 6. The molecule has 244 valence electrons. The second-order valence-corrected chi connectivity index (χ2v) is 13.2. The minimum absolute atomic E-state index is 0.00719. The van der Waals surface area contributed by atoms with Crippen molar-refractivity contribution in [2.45, 2.75) is 116 Å². The number of phosphoric acid groups is 1. The van der Waals surface area contributed by atoms with E-state index in [1.165, 1.54) is 19.3 Å². The van der Waals surface area contributed by atoms with Crippen molar-refractivity contribution < 1.29 is 32.9 Å². The molecule has 9 heteroatoms. The Balaban J connectivity index is 4.25. The lowest BCUT2D eigenvalue weighted by molar-refractivity contribution is -0.870. The van der Waals surface area contributed by atoms with E-state index in [0.29, 0.717) is 17.4 Å². The lowest BCUT2D eigenvalue weighted by Gasteiger charge is -2.29. The number of allylic oxidation sites excluding steroid dienone is 7. The fourth-order valence-electron chi connectivity index (χ4n) is 3.93. The number of rotatable bonds is 27. The molecule has 3 unspecified atom stereocenters. The van der Waals surface area contributed by atoms with E-state index in [2.05, 4.69) is 48.7 Å². The summed E-state index contributed by atoms with van der Waals surface area (Å²) in [5, 5.41) is 13.3. The first-order valence-corrected chi connectivity index (χ1v) is 17.5. The zero-order valence-corrected chi connectivity index (χ0v) is 28.1. The largest absolute Gasteiger partial charge is 0.756 e. The van der Waals surface area contributed by atoms with Gasteiger partial charge in [-0.15, -0.1) is 0 Å². The van der Waals surface area contributed by atoms with Gasteiger partial charge < -0.3 is 28.8 Å². The zero-order valence-electron chi connectivity index (χ0n) is 27.2. The molecule has 0 aromatic carbocycles. The predicted molar refractivity (Wildman–Crippen MR) is 173 cm³/mol. The SMILES string of the molecule is CC/C=C\C/C=C\C/C=C\CCCCCCCCCC(=O)NC(COP(=O)([O-])OCC[N+](C)(C)C)C(O)/C=C/CCC. The minimum atomic E-state index is -4.56. The van der Waals surface area contributed by atoms with Gasteiger partial charge in [-0.25, -0.2) is 0 Å². The first-order valence-electron chi connectivity index (χ1n) is 16.0. The number of carbonyl (C=O) groups is 1. The van der Waals surface area contributed by atoms with E-state index in [9.17, 15) is 19.4 Å². The van der Waals surface area contributed by atoms with E-state index in [-0.39, 0.29) is 12.5 Å². The molecule has 42 heavy (non-hydrogen) atoms. The van der Waals surface area contributed by atoms with Gasteiger partial charge in [-0.3, -0.25) is 9.36 Å². The fraction of sp³-hybridized carbons (Fsp3) is 0.727. The summed E-state index contributed by atoms with van der Waals surface area (Å²) in [6.45, 7) is 4.26. The van der Waals surface area contributed by atoms with E-state index in [4.69, 9.17) is 9.05 Å². The van der Waals surface area contributed by atoms with Crippen molar-refractivity contribution in [3.05, 3.63) is 48.6 Å².